The van der Waals surface area contributed by atoms with E-state index in [1.807, 2.05) is 42.2 Å². The number of hydrogen-bond acceptors (Lipinski definition) is 6. The summed E-state index contributed by atoms with van der Waals surface area (Å²) in [6.45, 7) is 5.98. The fourth-order valence-electron chi connectivity index (χ4n) is 6.59. The molecule has 0 aromatic heterocycles. The number of aliphatic imine (C=N–C) groups is 1. The van der Waals surface area contributed by atoms with Crippen molar-refractivity contribution < 1.29 is 14.3 Å². The number of guanidine groups is 1. The van der Waals surface area contributed by atoms with Crippen LogP contribution in [0.4, 0.5) is 0 Å². The summed E-state index contributed by atoms with van der Waals surface area (Å²) in [4.78, 5) is 22.7. The Morgan fingerprint density at radius 2 is 1.98 bits per heavy atom. The minimum absolute atomic E-state index is 0.157. The van der Waals surface area contributed by atoms with Gasteiger partial charge in [0.05, 0.1) is 25.5 Å². The van der Waals surface area contributed by atoms with Gasteiger partial charge in [-0.2, -0.15) is 0 Å². The lowest BCUT2D eigenvalue weighted by molar-refractivity contribution is 0.0971. The number of carbonyl (C=O) groups excluding carboxylic acids is 1. The van der Waals surface area contributed by atoms with Gasteiger partial charge in [0.25, 0.3) is 5.91 Å². The highest BCUT2D eigenvalue weighted by atomic mass is 16.5. The van der Waals surface area contributed by atoms with Crippen LogP contribution >= 0.6 is 0 Å². The fourth-order valence-corrected chi connectivity index (χ4v) is 6.59. The standard InChI is InChI=1S/C33H39N5O3/c1-4-41-30-17-25-26(18-29(30)40-3)31(35-28-14-15-37(2)20-27(25)28)22-9-11-23(12-10-22)32(39)36-33(34)38-16-13-21-7-5-6-8-24(21)19-38/h5-6,8-12,17-18,21,27-28H,4,7,13-16,19-20H2,1-3H3,(H2,34,36,39)/t21?,27-,28-/m1/s1. The van der Waals surface area contributed by atoms with Gasteiger partial charge in [-0.25, -0.2) is 0 Å². The molecule has 2 N–H and O–H groups in total. The first-order valence-corrected chi connectivity index (χ1v) is 14.7. The summed E-state index contributed by atoms with van der Waals surface area (Å²) >= 11 is 0. The average molecular weight is 554 g/mol. The second kappa shape index (κ2) is 11.5. The number of hydrogen-bond donors (Lipinski definition) is 2. The number of nitrogens with zero attached hydrogens (tertiary/aromatic N) is 3. The molecule has 2 aromatic carbocycles. The topological polar surface area (TPSA) is 90.2 Å². The third-order valence-electron chi connectivity index (χ3n) is 8.85. The molecule has 2 fully saturated rings. The van der Waals surface area contributed by atoms with Crippen LogP contribution in [0.15, 0.2) is 65.2 Å². The maximum absolute atomic E-state index is 13.1. The Labute approximate surface area is 242 Å². The first-order valence-electron chi connectivity index (χ1n) is 14.7. The van der Waals surface area contributed by atoms with Gasteiger partial charge in [-0.05, 0) is 81.1 Å². The van der Waals surface area contributed by atoms with Crippen LogP contribution in [0.3, 0.4) is 0 Å². The van der Waals surface area contributed by atoms with Gasteiger partial charge in [0.1, 0.15) is 0 Å². The zero-order valence-electron chi connectivity index (χ0n) is 24.2. The number of rotatable bonds is 5. The van der Waals surface area contributed by atoms with Crippen molar-refractivity contribution in [2.24, 2.45) is 10.9 Å². The third kappa shape index (κ3) is 5.40. The third-order valence-corrected chi connectivity index (χ3v) is 8.85. The van der Waals surface area contributed by atoms with Crippen molar-refractivity contribution in [2.75, 3.05) is 46.9 Å². The molecule has 3 heterocycles. The van der Waals surface area contributed by atoms with Gasteiger partial charge in [-0.1, -0.05) is 30.4 Å². The molecule has 1 aliphatic carbocycles. The highest BCUT2D eigenvalue weighted by Crippen LogP contribution is 2.42. The Hall–Kier alpha value is -3.91. The van der Waals surface area contributed by atoms with Gasteiger partial charge >= 0.3 is 0 Å². The van der Waals surface area contributed by atoms with Crippen LogP contribution in [0.1, 0.15) is 59.2 Å². The van der Waals surface area contributed by atoms with Crippen LogP contribution in [0.5, 0.6) is 11.5 Å². The molecule has 3 aliphatic heterocycles. The second-order valence-electron chi connectivity index (χ2n) is 11.4. The lowest BCUT2D eigenvalue weighted by Gasteiger charge is -2.39. The molecule has 4 aliphatic rings. The first-order chi connectivity index (χ1) is 19.9. The van der Waals surface area contributed by atoms with E-state index in [4.69, 9.17) is 19.9 Å². The molecule has 3 atom stereocenters. The van der Waals surface area contributed by atoms with E-state index in [2.05, 4.69) is 41.6 Å². The monoisotopic (exact) mass is 553 g/mol. The Bertz CT molecular complexity index is 1430. The second-order valence-corrected chi connectivity index (χ2v) is 11.4. The van der Waals surface area contributed by atoms with Gasteiger partial charge in [0, 0.05) is 42.2 Å². The van der Waals surface area contributed by atoms with Gasteiger partial charge < -0.3 is 19.3 Å². The largest absolute Gasteiger partial charge is 0.493 e. The fraction of sp³-hybridized carbons (Fsp3) is 0.424. The maximum Gasteiger partial charge on any atom is 0.257 e. The number of allylic oxidation sites excluding steroid dienone is 3. The van der Waals surface area contributed by atoms with Crippen LogP contribution < -0.4 is 14.8 Å². The van der Waals surface area contributed by atoms with E-state index >= 15 is 0 Å². The summed E-state index contributed by atoms with van der Waals surface area (Å²) < 4.78 is 11.6. The van der Waals surface area contributed by atoms with Crippen LogP contribution in [-0.4, -0.2) is 80.4 Å². The Morgan fingerprint density at radius 3 is 2.76 bits per heavy atom. The molecular formula is C33H39N5O3. The maximum atomic E-state index is 13.1. The summed E-state index contributed by atoms with van der Waals surface area (Å²) in [6.07, 6.45) is 9.52. The molecule has 0 bridgehead atoms. The summed E-state index contributed by atoms with van der Waals surface area (Å²) in [7, 11) is 3.83. The molecular weight excluding hydrogens is 514 g/mol. The van der Waals surface area contributed by atoms with Crippen molar-refractivity contribution in [3.63, 3.8) is 0 Å². The summed E-state index contributed by atoms with van der Waals surface area (Å²) in [5, 5.41) is 11.4. The summed E-state index contributed by atoms with van der Waals surface area (Å²) in [5.74, 6) is 2.20. The molecule has 2 saturated heterocycles. The van der Waals surface area contributed by atoms with E-state index in [-0.39, 0.29) is 17.9 Å². The molecule has 2 aromatic rings. The first kappa shape index (κ1) is 27.3. The SMILES string of the molecule is CCOc1cc2c(cc1OC)C(c1ccc(C(=O)NC(=N)N3CCC4CC=CC=C4C3)cc1)=N[C@@H]1CCN(C)C[C@H]21. The molecule has 8 heteroatoms. The van der Waals surface area contributed by atoms with Crippen LogP contribution in [0.25, 0.3) is 0 Å². The molecule has 0 spiro atoms. The molecule has 0 radical (unpaired) electrons. The lowest BCUT2D eigenvalue weighted by atomic mass is 9.79. The number of amides is 1. The van der Waals surface area contributed by atoms with Crippen molar-refractivity contribution in [1.29, 1.82) is 5.41 Å². The van der Waals surface area contributed by atoms with Crippen LogP contribution in [-0.2, 0) is 0 Å². The van der Waals surface area contributed by atoms with Gasteiger partial charge in [0.15, 0.2) is 17.5 Å². The number of piperidine rings is 2. The van der Waals surface area contributed by atoms with Crippen molar-refractivity contribution >= 4 is 17.6 Å². The number of carbonyl (C=O) groups is 1. The quantitative estimate of drug-likeness (QED) is 0.417. The van der Waals surface area contributed by atoms with E-state index in [1.54, 1.807) is 7.11 Å². The highest BCUT2D eigenvalue weighted by Gasteiger charge is 2.36. The predicted octanol–water partition coefficient (Wildman–Crippen LogP) is 4.61. The van der Waals surface area contributed by atoms with E-state index in [1.165, 1.54) is 11.1 Å². The number of methoxy groups -OCH3 is 1. The smallest absolute Gasteiger partial charge is 0.257 e. The van der Waals surface area contributed by atoms with Crippen LogP contribution in [0, 0.1) is 11.3 Å². The highest BCUT2D eigenvalue weighted by molar-refractivity contribution is 6.15. The van der Waals surface area contributed by atoms with Crippen molar-refractivity contribution in [3.05, 3.63) is 82.5 Å². The molecule has 1 unspecified atom stereocenters. The Kier molecular flexibility index (Phi) is 7.67. The van der Waals surface area contributed by atoms with Crippen molar-refractivity contribution in [3.8, 4) is 11.5 Å². The van der Waals surface area contributed by atoms with Gasteiger partial charge in [-0.15, -0.1) is 0 Å². The Balaban J connectivity index is 1.23. The number of likely N-dealkylation sites (N-methyl/N-ethyl adjacent to an activating group) is 1. The van der Waals surface area contributed by atoms with Crippen LogP contribution in [0.2, 0.25) is 0 Å². The van der Waals surface area contributed by atoms with E-state index in [9.17, 15) is 4.79 Å². The number of ether oxygens (including phenoxy) is 2. The van der Waals surface area contributed by atoms with E-state index < -0.39 is 0 Å². The van der Waals surface area contributed by atoms with E-state index in [0.29, 0.717) is 36.3 Å². The number of nitrogens with one attached hydrogen (secondary N) is 2. The van der Waals surface area contributed by atoms with Crippen molar-refractivity contribution in [1.82, 2.24) is 15.1 Å². The Morgan fingerprint density at radius 1 is 1.15 bits per heavy atom. The van der Waals surface area contributed by atoms with Gasteiger partial charge in [0.2, 0.25) is 0 Å². The normalized spacial score (nSPS) is 23.4. The van der Waals surface area contributed by atoms with E-state index in [0.717, 1.165) is 61.5 Å². The summed E-state index contributed by atoms with van der Waals surface area (Å²) in [6, 6.07) is 12.0. The van der Waals surface area contributed by atoms with Gasteiger partial charge in [-0.3, -0.25) is 20.5 Å². The minimum atomic E-state index is -0.273. The minimum Gasteiger partial charge on any atom is -0.493 e. The predicted molar refractivity (Wildman–Crippen MR) is 162 cm³/mol. The average Bonchev–Trinajstić information content (AvgIpc) is 3.00. The number of likely N-dealkylation sites (tertiary alicyclic amines) is 2. The lowest BCUT2D eigenvalue weighted by Crippen LogP contribution is -2.47. The zero-order valence-corrected chi connectivity index (χ0v) is 24.2. The molecule has 214 valence electrons. The zero-order chi connectivity index (χ0) is 28.5. The summed E-state index contributed by atoms with van der Waals surface area (Å²) in [5.41, 5.74) is 6.03. The number of fused-ring (bicyclic) bond motifs is 4. The molecule has 0 saturated carbocycles. The molecule has 8 nitrogen and oxygen atoms in total. The molecule has 41 heavy (non-hydrogen) atoms. The number of benzene rings is 2. The van der Waals surface area contributed by atoms with Crippen molar-refractivity contribution in [2.45, 2.75) is 38.1 Å². The molecule has 1 amide bonds. The molecule has 6 rings (SSSR count).